The Morgan fingerprint density at radius 1 is 1.30 bits per heavy atom. The van der Waals surface area contributed by atoms with Gasteiger partial charge in [0.25, 0.3) is 5.91 Å². The van der Waals surface area contributed by atoms with Crippen LogP contribution in [-0.4, -0.2) is 30.4 Å². The third kappa shape index (κ3) is 3.81. The Bertz CT molecular complexity index is 630. The lowest BCUT2D eigenvalue weighted by atomic mass is 10.1. The topological polar surface area (TPSA) is 93.9 Å². The van der Waals surface area contributed by atoms with Crippen LogP contribution in [0.1, 0.15) is 15.9 Å². The second-order valence-electron chi connectivity index (χ2n) is 3.68. The third-order valence-electron chi connectivity index (χ3n) is 2.34. The molecule has 0 fully saturated rings. The van der Waals surface area contributed by atoms with E-state index in [1.165, 1.54) is 12.1 Å². The average Bonchev–Trinajstić information content (AvgIpc) is 2.44. The number of halogens is 1. The molecule has 0 unspecified atom stereocenters. The zero-order valence-electron chi connectivity index (χ0n) is 10.6. The summed E-state index contributed by atoms with van der Waals surface area (Å²) in [5, 5.41) is 17.2. The molecule has 0 spiro atoms. The van der Waals surface area contributed by atoms with E-state index in [-0.39, 0.29) is 25.2 Å². The highest BCUT2D eigenvalue weighted by Gasteiger charge is 2.18. The smallest absolute Gasteiger partial charge is 0.258 e. The van der Waals surface area contributed by atoms with Crippen LogP contribution in [0.25, 0.3) is 0 Å². The molecule has 0 atom stereocenters. The molecule has 1 aromatic carbocycles. The first kappa shape index (κ1) is 15.2. The molecule has 0 aromatic heterocycles. The van der Waals surface area contributed by atoms with Crippen molar-refractivity contribution in [1.29, 1.82) is 10.5 Å². The first-order chi connectivity index (χ1) is 9.63. The molecular weight excluding hydrogens is 259 g/mol. The van der Waals surface area contributed by atoms with Crippen molar-refractivity contribution in [2.75, 3.05) is 19.6 Å². The standard InChI is InChI=1S/C14H11FN4O/c15-13-10-11(2-1-5-16)3-4-12(13)14(20)19(8-6-17)9-7-18/h3-4,10H,5,8-9,16H2. The number of hydrogen-bond acceptors (Lipinski definition) is 4. The number of benzene rings is 1. The maximum atomic E-state index is 13.9. The molecule has 0 bridgehead atoms. The Morgan fingerprint density at radius 3 is 2.45 bits per heavy atom. The number of carbonyl (C=O) groups is 1. The molecule has 0 aliphatic rings. The summed E-state index contributed by atoms with van der Waals surface area (Å²) in [5.74, 6) is 3.76. The van der Waals surface area contributed by atoms with Gasteiger partial charge in [-0.25, -0.2) is 4.39 Å². The highest BCUT2D eigenvalue weighted by atomic mass is 19.1. The molecule has 0 aliphatic heterocycles. The lowest BCUT2D eigenvalue weighted by Gasteiger charge is -2.16. The van der Waals surface area contributed by atoms with Crippen LogP contribution < -0.4 is 5.73 Å². The first-order valence-electron chi connectivity index (χ1n) is 5.65. The van der Waals surface area contributed by atoms with Gasteiger partial charge in [-0.05, 0) is 18.2 Å². The molecule has 20 heavy (non-hydrogen) atoms. The number of nitriles is 2. The van der Waals surface area contributed by atoms with E-state index < -0.39 is 11.7 Å². The third-order valence-corrected chi connectivity index (χ3v) is 2.34. The molecule has 0 aliphatic carbocycles. The van der Waals surface area contributed by atoms with Gasteiger partial charge in [-0.3, -0.25) is 4.79 Å². The van der Waals surface area contributed by atoms with Crippen molar-refractivity contribution in [3.8, 4) is 24.0 Å². The van der Waals surface area contributed by atoms with E-state index in [0.717, 1.165) is 11.0 Å². The molecule has 6 heteroatoms. The Balaban J connectivity index is 3.05. The van der Waals surface area contributed by atoms with Gasteiger partial charge in [0, 0.05) is 5.56 Å². The van der Waals surface area contributed by atoms with Crippen molar-refractivity contribution >= 4 is 5.91 Å². The number of nitrogens with zero attached hydrogens (tertiary/aromatic N) is 3. The molecule has 1 rings (SSSR count). The molecule has 1 aromatic rings. The van der Waals surface area contributed by atoms with Gasteiger partial charge in [0.05, 0.1) is 24.2 Å². The molecule has 5 nitrogen and oxygen atoms in total. The highest BCUT2D eigenvalue weighted by molar-refractivity contribution is 5.95. The van der Waals surface area contributed by atoms with Crippen LogP contribution in [-0.2, 0) is 0 Å². The summed E-state index contributed by atoms with van der Waals surface area (Å²) in [7, 11) is 0. The second-order valence-corrected chi connectivity index (χ2v) is 3.68. The van der Waals surface area contributed by atoms with Crippen molar-refractivity contribution < 1.29 is 9.18 Å². The molecular formula is C14H11FN4O. The highest BCUT2D eigenvalue weighted by Crippen LogP contribution is 2.12. The fourth-order valence-electron chi connectivity index (χ4n) is 1.46. The number of hydrogen-bond donors (Lipinski definition) is 1. The summed E-state index contributed by atoms with van der Waals surface area (Å²) in [6.45, 7) is -0.401. The summed E-state index contributed by atoms with van der Waals surface area (Å²) in [5.41, 5.74) is 5.41. The monoisotopic (exact) mass is 270 g/mol. The average molecular weight is 270 g/mol. The zero-order valence-corrected chi connectivity index (χ0v) is 10.6. The van der Waals surface area contributed by atoms with Crippen molar-refractivity contribution in [3.05, 3.63) is 35.1 Å². The van der Waals surface area contributed by atoms with Crippen LogP contribution in [0.3, 0.4) is 0 Å². The Morgan fingerprint density at radius 2 is 1.95 bits per heavy atom. The van der Waals surface area contributed by atoms with Gasteiger partial charge in [0.2, 0.25) is 0 Å². The van der Waals surface area contributed by atoms with Gasteiger partial charge >= 0.3 is 0 Å². The minimum absolute atomic E-state index is 0.153. The van der Waals surface area contributed by atoms with Crippen molar-refractivity contribution in [2.45, 2.75) is 0 Å². The Hall–Kier alpha value is -2.88. The molecule has 2 N–H and O–H groups in total. The van der Waals surface area contributed by atoms with Crippen molar-refractivity contribution in [1.82, 2.24) is 4.90 Å². The summed E-state index contributed by atoms with van der Waals surface area (Å²) < 4.78 is 13.9. The molecule has 0 heterocycles. The quantitative estimate of drug-likeness (QED) is 0.643. The largest absolute Gasteiger partial charge is 0.320 e. The van der Waals surface area contributed by atoms with Gasteiger partial charge in [-0.1, -0.05) is 11.8 Å². The maximum Gasteiger partial charge on any atom is 0.258 e. The van der Waals surface area contributed by atoms with Crippen LogP contribution in [0, 0.1) is 40.3 Å². The first-order valence-corrected chi connectivity index (χ1v) is 5.65. The number of rotatable bonds is 3. The Labute approximate surface area is 116 Å². The SMILES string of the molecule is N#CCN(CC#N)C(=O)c1ccc(C#CCN)cc1F. The number of carbonyl (C=O) groups excluding carboxylic acids is 1. The number of nitrogens with two attached hydrogens (primary N) is 1. The minimum atomic E-state index is -0.750. The Kier molecular flexibility index (Phi) is 5.72. The van der Waals surface area contributed by atoms with Crippen LogP contribution >= 0.6 is 0 Å². The van der Waals surface area contributed by atoms with Gasteiger partial charge in [-0.2, -0.15) is 10.5 Å². The summed E-state index contributed by atoms with van der Waals surface area (Å²) in [4.78, 5) is 13.0. The van der Waals surface area contributed by atoms with Crippen LogP contribution in [0.15, 0.2) is 18.2 Å². The van der Waals surface area contributed by atoms with E-state index >= 15 is 0 Å². The van der Waals surface area contributed by atoms with E-state index in [1.807, 2.05) is 0 Å². The minimum Gasteiger partial charge on any atom is -0.320 e. The summed E-state index contributed by atoms with van der Waals surface area (Å²) in [6, 6.07) is 7.39. The summed E-state index contributed by atoms with van der Waals surface area (Å²) in [6.07, 6.45) is 0. The van der Waals surface area contributed by atoms with E-state index in [1.54, 1.807) is 12.1 Å². The van der Waals surface area contributed by atoms with E-state index in [0.29, 0.717) is 5.56 Å². The molecule has 0 saturated carbocycles. The van der Waals surface area contributed by atoms with E-state index in [4.69, 9.17) is 16.3 Å². The van der Waals surface area contributed by atoms with Gasteiger partial charge < -0.3 is 10.6 Å². The molecule has 100 valence electrons. The van der Waals surface area contributed by atoms with Crippen LogP contribution in [0.4, 0.5) is 4.39 Å². The predicted octanol–water partition coefficient (Wildman–Crippen LogP) is 0.625. The van der Waals surface area contributed by atoms with Gasteiger partial charge in [0.15, 0.2) is 0 Å². The van der Waals surface area contributed by atoms with Crippen LogP contribution in [0.2, 0.25) is 0 Å². The lowest BCUT2D eigenvalue weighted by Crippen LogP contribution is -2.32. The lowest BCUT2D eigenvalue weighted by molar-refractivity contribution is 0.0790. The van der Waals surface area contributed by atoms with E-state index in [9.17, 15) is 9.18 Å². The van der Waals surface area contributed by atoms with Gasteiger partial charge in [0.1, 0.15) is 18.9 Å². The normalized spacial score (nSPS) is 8.80. The molecule has 0 saturated heterocycles. The van der Waals surface area contributed by atoms with Crippen molar-refractivity contribution in [3.63, 3.8) is 0 Å². The van der Waals surface area contributed by atoms with E-state index in [2.05, 4.69) is 11.8 Å². The second kappa shape index (κ2) is 7.53. The fourth-order valence-corrected chi connectivity index (χ4v) is 1.46. The zero-order chi connectivity index (χ0) is 15.0. The predicted molar refractivity (Wildman–Crippen MR) is 69.5 cm³/mol. The molecule has 0 radical (unpaired) electrons. The summed E-state index contributed by atoms with van der Waals surface area (Å²) >= 11 is 0. The fraction of sp³-hybridized carbons (Fsp3) is 0.214. The maximum absolute atomic E-state index is 13.9. The molecule has 1 amide bonds. The van der Waals surface area contributed by atoms with Crippen LogP contribution in [0.5, 0.6) is 0 Å². The van der Waals surface area contributed by atoms with Gasteiger partial charge in [-0.15, -0.1) is 0 Å². The number of amides is 1. The van der Waals surface area contributed by atoms with Crippen molar-refractivity contribution in [2.24, 2.45) is 5.73 Å².